The normalized spacial score (nSPS) is 8.92. The summed E-state index contributed by atoms with van der Waals surface area (Å²) in [6.45, 7) is 5.69. The smallest absolute Gasteiger partial charge is 0.148 e. The van der Waals surface area contributed by atoms with E-state index in [1.165, 1.54) is 0 Å². The van der Waals surface area contributed by atoms with Crippen molar-refractivity contribution in [2.45, 2.75) is 6.92 Å². The molecular formula is C11H11NO. The Kier molecular flexibility index (Phi) is 3.10. The SMILES string of the molecule is C#CCOc1cc(C)ccc1N=C. The van der Waals surface area contributed by atoms with Crippen molar-refractivity contribution in [1.29, 1.82) is 0 Å². The van der Waals surface area contributed by atoms with Gasteiger partial charge in [0.1, 0.15) is 18.0 Å². The number of aliphatic imine (C=N–C) groups is 1. The first-order chi connectivity index (χ1) is 6.27. The van der Waals surface area contributed by atoms with E-state index in [4.69, 9.17) is 11.2 Å². The minimum absolute atomic E-state index is 0.256. The van der Waals surface area contributed by atoms with E-state index in [-0.39, 0.29) is 6.61 Å². The molecule has 0 unspecified atom stereocenters. The van der Waals surface area contributed by atoms with E-state index >= 15 is 0 Å². The highest BCUT2D eigenvalue weighted by molar-refractivity contribution is 5.57. The Balaban J connectivity index is 2.95. The Morgan fingerprint density at radius 2 is 2.38 bits per heavy atom. The molecule has 1 aromatic carbocycles. The van der Waals surface area contributed by atoms with E-state index in [0.717, 1.165) is 11.3 Å². The summed E-state index contributed by atoms with van der Waals surface area (Å²) in [5.41, 5.74) is 1.83. The summed E-state index contributed by atoms with van der Waals surface area (Å²) < 4.78 is 5.29. The lowest BCUT2D eigenvalue weighted by Crippen LogP contribution is -1.93. The summed E-state index contributed by atoms with van der Waals surface area (Å²) >= 11 is 0. The Labute approximate surface area is 78.3 Å². The third-order valence-corrected chi connectivity index (χ3v) is 1.60. The van der Waals surface area contributed by atoms with Crippen LogP contribution in [0.4, 0.5) is 5.69 Å². The number of terminal acetylenes is 1. The number of rotatable bonds is 3. The van der Waals surface area contributed by atoms with Gasteiger partial charge >= 0.3 is 0 Å². The second kappa shape index (κ2) is 4.32. The molecule has 0 aromatic heterocycles. The second-order valence-electron chi connectivity index (χ2n) is 2.62. The van der Waals surface area contributed by atoms with Gasteiger partial charge in [-0.2, -0.15) is 0 Å². The van der Waals surface area contributed by atoms with Gasteiger partial charge in [-0.05, 0) is 31.3 Å². The van der Waals surface area contributed by atoms with Crippen molar-refractivity contribution in [3.05, 3.63) is 23.8 Å². The lowest BCUT2D eigenvalue weighted by atomic mass is 10.2. The van der Waals surface area contributed by atoms with Crippen LogP contribution in [0.1, 0.15) is 5.56 Å². The average Bonchev–Trinajstić information content (AvgIpc) is 2.15. The zero-order valence-electron chi connectivity index (χ0n) is 7.58. The largest absolute Gasteiger partial charge is 0.479 e. The fourth-order valence-electron chi connectivity index (χ4n) is 0.987. The molecular weight excluding hydrogens is 162 g/mol. The van der Waals surface area contributed by atoms with Gasteiger partial charge < -0.3 is 4.74 Å². The van der Waals surface area contributed by atoms with Gasteiger partial charge in [-0.25, -0.2) is 0 Å². The third kappa shape index (κ3) is 2.34. The van der Waals surface area contributed by atoms with Gasteiger partial charge in [0.25, 0.3) is 0 Å². The summed E-state index contributed by atoms with van der Waals surface area (Å²) in [4.78, 5) is 3.82. The molecule has 0 N–H and O–H groups in total. The third-order valence-electron chi connectivity index (χ3n) is 1.60. The van der Waals surface area contributed by atoms with Crippen LogP contribution in [-0.2, 0) is 0 Å². The van der Waals surface area contributed by atoms with Crippen molar-refractivity contribution in [3.63, 3.8) is 0 Å². The molecule has 0 amide bonds. The summed E-state index contributed by atoms with van der Waals surface area (Å²) in [6, 6.07) is 5.70. The van der Waals surface area contributed by atoms with Gasteiger partial charge in [-0.1, -0.05) is 12.0 Å². The molecule has 0 aliphatic carbocycles. The van der Waals surface area contributed by atoms with Crippen LogP contribution in [0.15, 0.2) is 23.2 Å². The number of ether oxygens (including phenoxy) is 1. The maximum absolute atomic E-state index is 5.29. The lowest BCUT2D eigenvalue weighted by Gasteiger charge is -2.06. The van der Waals surface area contributed by atoms with E-state index in [1.54, 1.807) is 0 Å². The first-order valence-electron chi connectivity index (χ1n) is 3.91. The fraction of sp³-hybridized carbons (Fsp3) is 0.182. The van der Waals surface area contributed by atoms with Crippen molar-refractivity contribution in [2.24, 2.45) is 4.99 Å². The molecule has 2 heteroatoms. The van der Waals surface area contributed by atoms with E-state index in [0.29, 0.717) is 5.75 Å². The van der Waals surface area contributed by atoms with E-state index < -0.39 is 0 Å². The summed E-state index contributed by atoms with van der Waals surface area (Å²) in [5.74, 6) is 3.09. The van der Waals surface area contributed by atoms with Crippen molar-refractivity contribution in [2.75, 3.05) is 6.61 Å². The monoisotopic (exact) mass is 173 g/mol. The van der Waals surface area contributed by atoms with Crippen LogP contribution in [0.25, 0.3) is 0 Å². The summed E-state index contributed by atoms with van der Waals surface area (Å²) in [7, 11) is 0. The number of aryl methyl sites for hydroxylation is 1. The van der Waals surface area contributed by atoms with Crippen molar-refractivity contribution >= 4 is 12.4 Å². The molecule has 66 valence electrons. The van der Waals surface area contributed by atoms with Gasteiger partial charge in [0, 0.05) is 0 Å². The molecule has 0 aliphatic heterocycles. The molecule has 0 saturated carbocycles. The number of nitrogens with zero attached hydrogens (tertiary/aromatic N) is 1. The lowest BCUT2D eigenvalue weighted by molar-refractivity contribution is 0.371. The maximum Gasteiger partial charge on any atom is 0.148 e. The molecule has 1 aromatic rings. The molecule has 0 fully saturated rings. The highest BCUT2D eigenvalue weighted by atomic mass is 16.5. The topological polar surface area (TPSA) is 21.6 Å². The molecule has 0 saturated heterocycles. The zero-order valence-corrected chi connectivity index (χ0v) is 7.58. The molecule has 0 spiro atoms. The summed E-state index contributed by atoms with van der Waals surface area (Å²) in [5, 5.41) is 0. The Morgan fingerprint density at radius 1 is 1.62 bits per heavy atom. The van der Waals surface area contributed by atoms with Crippen LogP contribution in [0.2, 0.25) is 0 Å². The van der Waals surface area contributed by atoms with E-state index in [2.05, 4.69) is 17.6 Å². The summed E-state index contributed by atoms with van der Waals surface area (Å²) in [6.07, 6.45) is 5.08. The van der Waals surface area contributed by atoms with Gasteiger partial charge in [0.2, 0.25) is 0 Å². The van der Waals surface area contributed by atoms with Crippen LogP contribution in [-0.4, -0.2) is 13.3 Å². The molecule has 13 heavy (non-hydrogen) atoms. The van der Waals surface area contributed by atoms with Crippen molar-refractivity contribution in [3.8, 4) is 18.1 Å². The highest BCUT2D eigenvalue weighted by Crippen LogP contribution is 2.27. The first kappa shape index (κ1) is 9.34. The minimum atomic E-state index is 0.256. The fourth-order valence-corrected chi connectivity index (χ4v) is 0.987. The minimum Gasteiger partial charge on any atom is -0.479 e. The van der Waals surface area contributed by atoms with Crippen LogP contribution in [0.3, 0.4) is 0 Å². The standard InChI is InChI=1S/C11H11NO/c1-4-7-13-11-8-9(2)5-6-10(11)12-3/h1,5-6,8H,3,7H2,2H3. The predicted molar refractivity (Wildman–Crippen MR) is 54.7 cm³/mol. The Morgan fingerprint density at radius 3 is 3.00 bits per heavy atom. The first-order valence-corrected chi connectivity index (χ1v) is 3.91. The van der Waals surface area contributed by atoms with Gasteiger partial charge in [-0.3, -0.25) is 4.99 Å². The van der Waals surface area contributed by atoms with E-state index in [1.807, 2.05) is 25.1 Å². The quantitative estimate of drug-likeness (QED) is 0.508. The maximum atomic E-state index is 5.29. The Bertz CT molecular complexity index is 350. The molecule has 0 aliphatic rings. The highest BCUT2D eigenvalue weighted by Gasteiger charge is 2.00. The number of hydrogen-bond acceptors (Lipinski definition) is 2. The van der Waals surface area contributed by atoms with Crippen LogP contribution >= 0.6 is 0 Å². The second-order valence-corrected chi connectivity index (χ2v) is 2.62. The Hall–Kier alpha value is -1.75. The molecule has 0 radical (unpaired) electrons. The van der Waals surface area contributed by atoms with E-state index in [9.17, 15) is 0 Å². The van der Waals surface area contributed by atoms with Crippen LogP contribution in [0.5, 0.6) is 5.75 Å². The van der Waals surface area contributed by atoms with Gasteiger partial charge in [-0.15, -0.1) is 6.42 Å². The molecule has 0 bridgehead atoms. The zero-order chi connectivity index (χ0) is 9.68. The number of hydrogen-bond donors (Lipinski definition) is 0. The van der Waals surface area contributed by atoms with Crippen molar-refractivity contribution < 1.29 is 4.74 Å². The predicted octanol–water partition coefficient (Wildman–Crippen LogP) is 2.34. The molecule has 0 atom stereocenters. The van der Waals surface area contributed by atoms with Gasteiger partial charge in [0.15, 0.2) is 0 Å². The molecule has 0 heterocycles. The van der Waals surface area contributed by atoms with Gasteiger partial charge in [0.05, 0.1) is 0 Å². The average molecular weight is 173 g/mol. The van der Waals surface area contributed by atoms with Crippen LogP contribution < -0.4 is 4.74 Å². The molecule has 2 nitrogen and oxygen atoms in total. The van der Waals surface area contributed by atoms with Crippen molar-refractivity contribution in [1.82, 2.24) is 0 Å². The number of benzene rings is 1. The molecule has 1 rings (SSSR count). The van der Waals surface area contributed by atoms with Crippen LogP contribution in [0, 0.1) is 19.3 Å².